The molecule has 0 bridgehead atoms. The summed E-state index contributed by atoms with van der Waals surface area (Å²) in [6.45, 7) is 9.83. The molecule has 13 heteroatoms. The molecular formula is C18H26ClF3N6O2S. The number of nitrogens with zero attached hydrogens (tertiary/aromatic N) is 4. The molecule has 0 spiro atoms. The molecule has 3 rings (SSSR count). The number of anilines is 1. The quantitative estimate of drug-likeness (QED) is 0.677. The summed E-state index contributed by atoms with van der Waals surface area (Å²) in [6, 6.07) is -0.868. The summed E-state index contributed by atoms with van der Waals surface area (Å²) in [5, 5.41) is 5.42. The van der Waals surface area contributed by atoms with Gasteiger partial charge in [0.2, 0.25) is 5.91 Å². The van der Waals surface area contributed by atoms with E-state index in [4.69, 9.17) is 11.6 Å². The second-order valence-electron chi connectivity index (χ2n) is 8.51. The SMILES string of the molecule is CC(C)(C)N1CCNC(C(=O)N2CCN(C(=O)Nc3nc(C(F)(F)F)c(Cl)s3)CC2)C1. The summed E-state index contributed by atoms with van der Waals surface area (Å²) < 4.78 is 37.9. The largest absolute Gasteiger partial charge is 0.435 e. The zero-order valence-electron chi connectivity index (χ0n) is 17.6. The number of piperazine rings is 2. The molecule has 0 radical (unpaired) electrons. The molecule has 3 amide bonds. The van der Waals surface area contributed by atoms with Gasteiger partial charge < -0.3 is 15.1 Å². The molecule has 2 saturated heterocycles. The highest BCUT2D eigenvalue weighted by atomic mass is 35.5. The third-order valence-corrected chi connectivity index (χ3v) is 6.54. The van der Waals surface area contributed by atoms with E-state index in [0.717, 1.165) is 13.1 Å². The summed E-state index contributed by atoms with van der Waals surface area (Å²) >= 11 is 6.14. The zero-order chi connectivity index (χ0) is 23.0. The van der Waals surface area contributed by atoms with Crippen molar-refractivity contribution >= 4 is 40.0 Å². The molecule has 0 aromatic carbocycles. The number of alkyl halides is 3. The fourth-order valence-corrected chi connectivity index (χ4v) is 4.65. The first-order valence-corrected chi connectivity index (χ1v) is 11.1. The van der Waals surface area contributed by atoms with E-state index in [9.17, 15) is 22.8 Å². The van der Waals surface area contributed by atoms with Gasteiger partial charge in [0.1, 0.15) is 4.34 Å². The first-order chi connectivity index (χ1) is 14.4. The van der Waals surface area contributed by atoms with Crippen molar-refractivity contribution in [2.45, 2.75) is 38.5 Å². The molecule has 2 fully saturated rings. The van der Waals surface area contributed by atoms with Crippen LogP contribution >= 0.6 is 22.9 Å². The molecule has 8 nitrogen and oxygen atoms in total. The van der Waals surface area contributed by atoms with Crippen LogP contribution in [0.2, 0.25) is 4.34 Å². The van der Waals surface area contributed by atoms with Crippen LogP contribution in [0.15, 0.2) is 0 Å². The molecule has 1 unspecified atom stereocenters. The summed E-state index contributed by atoms with van der Waals surface area (Å²) in [6.07, 6.45) is -4.68. The number of carbonyl (C=O) groups excluding carboxylic acids is 2. The monoisotopic (exact) mass is 482 g/mol. The van der Waals surface area contributed by atoms with Crippen LogP contribution < -0.4 is 10.6 Å². The normalized spacial score (nSPS) is 21.3. The molecule has 1 aromatic heterocycles. The molecule has 2 N–H and O–H groups in total. The van der Waals surface area contributed by atoms with Gasteiger partial charge in [-0.05, 0) is 20.8 Å². The van der Waals surface area contributed by atoms with Gasteiger partial charge >= 0.3 is 12.2 Å². The van der Waals surface area contributed by atoms with Gasteiger partial charge in [0.15, 0.2) is 10.8 Å². The van der Waals surface area contributed by atoms with Crippen molar-refractivity contribution < 1.29 is 22.8 Å². The minimum absolute atomic E-state index is 0.00414. The van der Waals surface area contributed by atoms with Crippen LogP contribution in [0.25, 0.3) is 0 Å². The number of urea groups is 1. The Bertz CT molecular complexity index is 820. The molecular weight excluding hydrogens is 457 g/mol. The Kier molecular flexibility index (Phi) is 7.04. The fraction of sp³-hybridized carbons (Fsp3) is 0.722. The van der Waals surface area contributed by atoms with E-state index in [1.807, 2.05) is 0 Å². The van der Waals surface area contributed by atoms with E-state index in [2.05, 4.69) is 41.3 Å². The summed E-state index contributed by atoms with van der Waals surface area (Å²) in [4.78, 5) is 34.1. The van der Waals surface area contributed by atoms with Gasteiger partial charge in [0, 0.05) is 51.4 Å². The molecule has 0 saturated carbocycles. The van der Waals surface area contributed by atoms with Gasteiger partial charge in [-0.3, -0.25) is 15.0 Å². The van der Waals surface area contributed by atoms with E-state index in [-0.39, 0.29) is 35.7 Å². The Labute approximate surface area is 187 Å². The molecule has 2 aliphatic rings. The van der Waals surface area contributed by atoms with Gasteiger partial charge in [0.25, 0.3) is 0 Å². The molecule has 3 heterocycles. The zero-order valence-corrected chi connectivity index (χ0v) is 19.1. The molecule has 0 aliphatic carbocycles. The van der Waals surface area contributed by atoms with Gasteiger partial charge in [-0.2, -0.15) is 13.2 Å². The highest BCUT2D eigenvalue weighted by molar-refractivity contribution is 7.19. The van der Waals surface area contributed by atoms with E-state index in [0.29, 0.717) is 31.0 Å². The van der Waals surface area contributed by atoms with Crippen LogP contribution in [0.4, 0.5) is 23.1 Å². The highest BCUT2D eigenvalue weighted by Crippen LogP contribution is 2.39. The Hall–Kier alpha value is -1.63. The Morgan fingerprint density at radius 2 is 1.74 bits per heavy atom. The van der Waals surface area contributed by atoms with Gasteiger partial charge in [-0.15, -0.1) is 0 Å². The summed E-state index contributed by atoms with van der Waals surface area (Å²) in [5.74, 6) is -0.00414. The first kappa shape index (κ1) is 24.0. The second kappa shape index (κ2) is 9.08. The average Bonchev–Trinajstić information content (AvgIpc) is 3.07. The Morgan fingerprint density at radius 1 is 1.13 bits per heavy atom. The number of hydrogen-bond acceptors (Lipinski definition) is 6. The van der Waals surface area contributed by atoms with Crippen LogP contribution in [0.1, 0.15) is 26.5 Å². The van der Waals surface area contributed by atoms with Gasteiger partial charge in [-0.1, -0.05) is 22.9 Å². The van der Waals surface area contributed by atoms with Crippen LogP contribution in [-0.2, 0) is 11.0 Å². The van der Waals surface area contributed by atoms with Crippen molar-refractivity contribution in [1.29, 1.82) is 0 Å². The highest BCUT2D eigenvalue weighted by Gasteiger charge is 2.38. The fourth-order valence-electron chi connectivity index (χ4n) is 3.58. The number of halogens is 4. The van der Waals surface area contributed by atoms with Crippen molar-refractivity contribution in [2.24, 2.45) is 0 Å². The number of amides is 3. The van der Waals surface area contributed by atoms with Gasteiger partial charge in [0.05, 0.1) is 6.04 Å². The van der Waals surface area contributed by atoms with Gasteiger partial charge in [-0.25, -0.2) is 9.78 Å². The van der Waals surface area contributed by atoms with Crippen molar-refractivity contribution in [3.63, 3.8) is 0 Å². The summed E-state index contributed by atoms with van der Waals surface area (Å²) in [5.41, 5.74) is -1.24. The molecule has 1 aromatic rings. The van der Waals surface area contributed by atoms with Crippen molar-refractivity contribution in [3.8, 4) is 0 Å². The predicted octanol–water partition coefficient (Wildman–Crippen LogP) is 2.56. The second-order valence-corrected chi connectivity index (χ2v) is 10.1. The number of carbonyl (C=O) groups is 2. The Morgan fingerprint density at radius 3 is 2.29 bits per heavy atom. The van der Waals surface area contributed by atoms with Crippen LogP contribution in [0, 0.1) is 0 Å². The number of aromatic nitrogens is 1. The lowest BCUT2D eigenvalue weighted by Gasteiger charge is -2.43. The predicted molar refractivity (Wildman–Crippen MR) is 112 cm³/mol. The number of hydrogen-bond donors (Lipinski definition) is 2. The van der Waals surface area contributed by atoms with Crippen LogP contribution in [0.5, 0.6) is 0 Å². The third kappa shape index (κ3) is 5.79. The Balaban J connectivity index is 1.52. The number of nitrogens with one attached hydrogen (secondary N) is 2. The minimum atomic E-state index is -4.68. The van der Waals surface area contributed by atoms with Crippen molar-refractivity contribution in [2.75, 3.05) is 51.1 Å². The molecule has 31 heavy (non-hydrogen) atoms. The molecule has 1 atom stereocenters. The third-order valence-electron chi connectivity index (χ3n) is 5.37. The lowest BCUT2D eigenvalue weighted by molar-refractivity contribution is -0.140. The maximum atomic E-state index is 12.9. The maximum Gasteiger partial charge on any atom is 0.435 e. The summed E-state index contributed by atoms with van der Waals surface area (Å²) in [7, 11) is 0. The minimum Gasteiger partial charge on any atom is -0.338 e. The maximum absolute atomic E-state index is 12.9. The first-order valence-electron chi connectivity index (χ1n) is 9.93. The smallest absolute Gasteiger partial charge is 0.338 e. The van der Waals surface area contributed by atoms with E-state index in [1.54, 1.807) is 4.90 Å². The average molecular weight is 483 g/mol. The number of thiazole rings is 1. The van der Waals surface area contributed by atoms with E-state index >= 15 is 0 Å². The standard InChI is InChI=1S/C18H26ClF3N6O2S/c1-17(2,3)28-5-4-23-11(10-28)14(29)26-6-8-27(9-7-26)16(30)25-15-24-12(13(19)31-15)18(20,21)22/h11,23H,4-10H2,1-3H3,(H,24,25,30). The van der Waals surface area contributed by atoms with Crippen LogP contribution in [0.3, 0.4) is 0 Å². The van der Waals surface area contributed by atoms with Crippen molar-refractivity contribution in [1.82, 2.24) is 25.0 Å². The van der Waals surface area contributed by atoms with E-state index in [1.165, 1.54) is 4.90 Å². The topological polar surface area (TPSA) is 80.8 Å². The van der Waals surface area contributed by atoms with Crippen molar-refractivity contribution in [3.05, 3.63) is 10.0 Å². The molecule has 174 valence electrons. The lowest BCUT2D eigenvalue weighted by Crippen LogP contribution is -2.63. The lowest BCUT2D eigenvalue weighted by atomic mass is 10.0. The van der Waals surface area contributed by atoms with Crippen LogP contribution in [-0.4, -0.2) is 89.0 Å². The number of rotatable bonds is 2. The van der Waals surface area contributed by atoms with E-state index < -0.39 is 22.2 Å². The molecule has 2 aliphatic heterocycles.